The summed E-state index contributed by atoms with van der Waals surface area (Å²) in [5.41, 5.74) is -0.479. The third-order valence-corrected chi connectivity index (χ3v) is 5.18. The fourth-order valence-corrected chi connectivity index (χ4v) is 4.01. The van der Waals surface area contributed by atoms with E-state index in [-0.39, 0.29) is 18.1 Å². The number of para-hydroxylation sites is 1. The number of nitrogens with zero attached hydrogens (tertiary/aromatic N) is 1. The number of H-pyrrole nitrogens is 1. The number of aromatic amines is 1. The Bertz CT molecular complexity index is 942. The Labute approximate surface area is 157 Å². The molecule has 7 heteroatoms. The van der Waals surface area contributed by atoms with Gasteiger partial charge in [-0.15, -0.1) is 0 Å². The third-order valence-electron chi connectivity index (χ3n) is 5.18. The molecule has 0 bridgehead atoms. The fraction of sp³-hybridized carbons (Fsp3) is 0.450. The average Bonchev–Trinajstić information content (AvgIpc) is 3.22. The average molecular weight is 369 g/mol. The third kappa shape index (κ3) is 2.73. The number of benzene rings is 1. The highest BCUT2D eigenvalue weighted by molar-refractivity contribution is 6.14. The highest BCUT2D eigenvalue weighted by Crippen LogP contribution is 2.35. The van der Waals surface area contributed by atoms with Crippen LogP contribution in [-0.2, 0) is 25.5 Å². The summed E-state index contributed by atoms with van der Waals surface area (Å²) in [6.07, 6.45) is 2.50. The molecule has 2 N–H and O–H groups in total. The zero-order valence-corrected chi connectivity index (χ0v) is 15.7. The second-order valence-electron chi connectivity index (χ2n) is 8.15. The van der Waals surface area contributed by atoms with Gasteiger partial charge in [0.15, 0.2) is 5.78 Å². The smallest absolute Gasteiger partial charge is 0.356 e. The van der Waals surface area contributed by atoms with Crippen molar-refractivity contribution >= 4 is 28.6 Å². The maximum absolute atomic E-state index is 12.9. The molecule has 7 nitrogen and oxygen atoms in total. The van der Waals surface area contributed by atoms with Crippen molar-refractivity contribution in [1.82, 2.24) is 15.2 Å². The van der Waals surface area contributed by atoms with Crippen LogP contribution in [0, 0.1) is 0 Å². The number of ether oxygens (including phenoxy) is 1. The molecule has 2 saturated heterocycles. The van der Waals surface area contributed by atoms with Crippen molar-refractivity contribution in [3.8, 4) is 0 Å². The number of aromatic nitrogens is 1. The Morgan fingerprint density at radius 3 is 2.78 bits per heavy atom. The number of Topliss-reactive ketones (excluding diaryl/α,β-unsaturated/α-hetero) is 1. The van der Waals surface area contributed by atoms with Crippen molar-refractivity contribution < 1.29 is 19.1 Å². The first-order valence-corrected chi connectivity index (χ1v) is 9.13. The van der Waals surface area contributed by atoms with E-state index in [2.05, 4.69) is 10.3 Å². The molecule has 2 unspecified atom stereocenters. The van der Waals surface area contributed by atoms with Crippen LogP contribution in [0.5, 0.6) is 0 Å². The molecule has 2 aromatic rings. The number of hydrogen-bond acceptors (Lipinski definition) is 5. The van der Waals surface area contributed by atoms with Gasteiger partial charge in [0.25, 0.3) is 5.66 Å². The van der Waals surface area contributed by atoms with Crippen molar-refractivity contribution in [2.75, 3.05) is 6.54 Å². The number of amides is 1. The minimum Gasteiger partial charge on any atom is -0.457 e. The van der Waals surface area contributed by atoms with E-state index in [4.69, 9.17) is 4.74 Å². The summed E-state index contributed by atoms with van der Waals surface area (Å²) in [7, 11) is 0. The highest BCUT2D eigenvalue weighted by atomic mass is 16.6. The number of ketones is 1. The van der Waals surface area contributed by atoms with Gasteiger partial charge in [-0.1, -0.05) is 18.2 Å². The minimum absolute atomic E-state index is 0.212. The van der Waals surface area contributed by atoms with Crippen LogP contribution in [0.1, 0.15) is 32.8 Å². The zero-order valence-electron chi connectivity index (χ0n) is 15.7. The van der Waals surface area contributed by atoms with E-state index >= 15 is 0 Å². The Balaban J connectivity index is 1.67. The summed E-state index contributed by atoms with van der Waals surface area (Å²) >= 11 is 0. The van der Waals surface area contributed by atoms with E-state index in [0.717, 1.165) is 16.5 Å². The molecule has 0 aliphatic carbocycles. The standard InChI is InChI=1S/C20H23N3O4/c1-19(2,3)27-18(26)20-16(24)8-9-23(20)15(17(25)22-20)10-12-11-21-14-7-5-4-6-13(12)14/h4-7,11,15,21H,8-10H2,1-3H3,(H,22,25). The number of esters is 1. The first-order chi connectivity index (χ1) is 12.7. The lowest BCUT2D eigenvalue weighted by molar-refractivity contribution is -0.170. The van der Waals surface area contributed by atoms with Gasteiger partial charge in [0, 0.05) is 30.1 Å². The van der Waals surface area contributed by atoms with Crippen LogP contribution in [-0.4, -0.2) is 51.4 Å². The van der Waals surface area contributed by atoms with Gasteiger partial charge in [0.1, 0.15) is 5.60 Å². The van der Waals surface area contributed by atoms with Crippen molar-refractivity contribution in [3.05, 3.63) is 36.0 Å². The van der Waals surface area contributed by atoms with E-state index in [0.29, 0.717) is 13.0 Å². The largest absolute Gasteiger partial charge is 0.457 e. The van der Waals surface area contributed by atoms with Crippen molar-refractivity contribution in [3.63, 3.8) is 0 Å². The minimum atomic E-state index is -1.69. The zero-order chi connectivity index (χ0) is 19.4. The summed E-state index contributed by atoms with van der Waals surface area (Å²) in [6.45, 7) is 5.58. The molecule has 2 aliphatic heterocycles. The van der Waals surface area contributed by atoms with Gasteiger partial charge in [-0.05, 0) is 38.8 Å². The van der Waals surface area contributed by atoms with Crippen molar-refractivity contribution in [2.45, 2.75) is 50.9 Å². The Morgan fingerprint density at radius 2 is 2.04 bits per heavy atom. The van der Waals surface area contributed by atoms with Gasteiger partial charge < -0.3 is 15.0 Å². The van der Waals surface area contributed by atoms with Gasteiger partial charge in [-0.2, -0.15) is 0 Å². The van der Waals surface area contributed by atoms with Crippen LogP contribution in [0.15, 0.2) is 30.5 Å². The summed E-state index contributed by atoms with van der Waals surface area (Å²) in [6, 6.07) is 7.25. The van der Waals surface area contributed by atoms with E-state index in [1.807, 2.05) is 30.5 Å². The summed E-state index contributed by atoms with van der Waals surface area (Å²) in [5, 5.41) is 3.70. The Morgan fingerprint density at radius 1 is 1.30 bits per heavy atom. The fourth-order valence-electron chi connectivity index (χ4n) is 4.01. The van der Waals surface area contributed by atoms with Crippen LogP contribution in [0.3, 0.4) is 0 Å². The van der Waals surface area contributed by atoms with Crippen LogP contribution in [0.2, 0.25) is 0 Å². The molecule has 2 atom stereocenters. The molecule has 4 rings (SSSR count). The van der Waals surface area contributed by atoms with E-state index in [1.165, 1.54) is 0 Å². The Hall–Kier alpha value is -2.67. The number of hydrogen-bond donors (Lipinski definition) is 2. The first kappa shape index (κ1) is 17.7. The molecule has 27 heavy (non-hydrogen) atoms. The molecule has 3 heterocycles. The molecule has 0 radical (unpaired) electrons. The van der Waals surface area contributed by atoms with Gasteiger partial charge >= 0.3 is 5.97 Å². The lowest BCUT2D eigenvalue weighted by atomic mass is 10.0. The SMILES string of the molecule is CC(C)(C)OC(=O)C12NC(=O)C(Cc3c[nH]c4ccccc34)N1CCC2=O. The number of rotatable bonds is 3. The normalized spacial score (nSPS) is 25.7. The predicted octanol–water partition coefficient (Wildman–Crippen LogP) is 1.52. The second kappa shape index (κ2) is 5.92. The lowest BCUT2D eigenvalue weighted by Crippen LogP contribution is -2.61. The van der Waals surface area contributed by atoms with Crippen LogP contribution < -0.4 is 5.32 Å². The topological polar surface area (TPSA) is 91.5 Å². The number of fused-ring (bicyclic) bond motifs is 2. The van der Waals surface area contributed by atoms with E-state index in [1.54, 1.807) is 25.7 Å². The van der Waals surface area contributed by atoms with Crippen molar-refractivity contribution in [2.24, 2.45) is 0 Å². The molecular weight excluding hydrogens is 346 g/mol. The van der Waals surface area contributed by atoms with Crippen molar-refractivity contribution in [1.29, 1.82) is 0 Å². The molecule has 1 aromatic carbocycles. The second-order valence-corrected chi connectivity index (χ2v) is 8.15. The maximum Gasteiger partial charge on any atom is 0.356 e. The Kier molecular flexibility index (Phi) is 3.89. The molecule has 142 valence electrons. The van der Waals surface area contributed by atoms with E-state index < -0.39 is 23.3 Å². The molecule has 1 amide bonds. The van der Waals surface area contributed by atoms with Crippen LogP contribution in [0.25, 0.3) is 10.9 Å². The molecule has 0 saturated carbocycles. The van der Waals surface area contributed by atoms with E-state index in [9.17, 15) is 14.4 Å². The quantitative estimate of drug-likeness (QED) is 0.632. The maximum atomic E-state index is 12.9. The van der Waals surface area contributed by atoms with Gasteiger partial charge in [-0.3, -0.25) is 14.5 Å². The lowest BCUT2D eigenvalue weighted by Gasteiger charge is -2.32. The summed E-state index contributed by atoms with van der Waals surface area (Å²) in [5.74, 6) is -1.34. The molecular formula is C20H23N3O4. The van der Waals surface area contributed by atoms with Gasteiger partial charge in [-0.25, -0.2) is 4.79 Å². The van der Waals surface area contributed by atoms with Gasteiger partial charge in [0.05, 0.1) is 6.04 Å². The highest BCUT2D eigenvalue weighted by Gasteiger charge is 2.65. The molecule has 1 aromatic heterocycles. The summed E-state index contributed by atoms with van der Waals surface area (Å²) in [4.78, 5) is 43.1. The number of carbonyl (C=O) groups is 3. The molecule has 0 spiro atoms. The van der Waals surface area contributed by atoms with Crippen LogP contribution >= 0.6 is 0 Å². The number of nitrogens with one attached hydrogen (secondary N) is 2. The predicted molar refractivity (Wildman–Crippen MR) is 98.8 cm³/mol. The molecule has 2 aliphatic rings. The number of carbonyl (C=O) groups excluding carboxylic acids is 3. The van der Waals surface area contributed by atoms with Gasteiger partial charge in [0.2, 0.25) is 5.91 Å². The van der Waals surface area contributed by atoms with Crippen LogP contribution in [0.4, 0.5) is 0 Å². The molecule has 2 fully saturated rings. The first-order valence-electron chi connectivity index (χ1n) is 9.13. The monoisotopic (exact) mass is 369 g/mol. The summed E-state index contributed by atoms with van der Waals surface area (Å²) < 4.78 is 5.48.